The summed E-state index contributed by atoms with van der Waals surface area (Å²) in [5, 5.41) is 12.3. The molecule has 2 aromatic rings. The Balaban J connectivity index is 2.14. The van der Waals surface area contributed by atoms with Crippen LogP contribution >= 0.6 is 15.9 Å². The second kappa shape index (κ2) is 7.77. The fraction of sp³-hybridized carbons (Fsp3) is 0.250. The molecule has 0 radical (unpaired) electrons. The number of rotatable bonds is 6. The third-order valence-corrected chi connectivity index (χ3v) is 3.46. The van der Waals surface area contributed by atoms with Gasteiger partial charge in [0, 0.05) is 28.3 Å². The van der Waals surface area contributed by atoms with Crippen molar-refractivity contribution in [1.82, 2.24) is 10.3 Å². The van der Waals surface area contributed by atoms with Gasteiger partial charge in [0.15, 0.2) is 0 Å². The van der Waals surface area contributed by atoms with Gasteiger partial charge in [-0.25, -0.2) is 4.98 Å². The van der Waals surface area contributed by atoms with E-state index >= 15 is 0 Å². The fourth-order valence-electron chi connectivity index (χ4n) is 1.90. The van der Waals surface area contributed by atoms with Crippen LogP contribution in [0.4, 0.5) is 0 Å². The lowest BCUT2D eigenvalue weighted by Gasteiger charge is -2.13. The summed E-state index contributed by atoms with van der Waals surface area (Å²) in [5.74, 6) is 0.812. The van der Waals surface area contributed by atoms with Crippen LogP contribution in [0.1, 0.15) is 23.7 Å². The summed E-state index contributed by atoms with van der Waals surface area (Å²) in [7, 11) is 0. The second-order valence-electron chi connectivity index (χ2n) is 4.44. The number of nitrogens with zero attached hydrogens (tertiary/aromatic N) is 2. The van der Waals surface area contributed by atoms with Crippen LogP contribution < -0.4 is 10.1 Å². The topological polar surface area (TPSA) is 57.9 Å². The highest BCUT2D eigenvalue weighted by atomic mass is 79.9. The van der Waals surface area contributed by atoms with Gasteiger partial charge in [-0.15, -0.1) is 0 Å². The van der Waals surface area contributed by atoms with Gasteiger partial charge in [0.2, 0.25) is 0 Å². The molecule has 1 aromatic carbocycles. The third kappa shape index (κ3) is 4.28. The fourth-order valence-corrected chi connectivity index (χ4v) is 2.31. The van der Waals surface area contributed by atoms with E-state index in [9.17, 15) is 0 Å². The highest BCUT2D eigenvalue weighted by Gasteiger charge is 2.07. The molecule has 0 aliphatic carbocycles. The molecule has 1 heterocycles. The lowest BCUT2D eigenvalue weighted by Crippen LogP contribution is -2.13. The first-order valence-electron chi connectivity index (χ1n) is 6.70. The van der Waals surface area contributed by atoms with Crippen LogP contribution in [0.3, 0.4) is 0 Å². The largest absolute Gasteiger partial charge is 0.488 e. The van der Waals surface area contributed by atoms with E-state index in [4.69, 9.17) is 10.00 Å². The second-order valence-corrected chi connectivity index (χ2v) is 5.36. The maximum atomic E-state index is 9.04. The molecule has 0 atom stereocenters. The molecule has 1 N–H and O–H groups in total. The van der Waals surface area contributed by atoms with Crippen LogP contribution in [-0.4, -0.2) is 11.5 Å². The molecule has 0 spiro atoms. The number of hydrogen-bond donors (Lipinski definition) is 1. The van der Waals surface area contributed by atoms with Crippen LogP contribution in [0.15, 0.2) is 41.0 Å². The van der Waals surface area contributed by atoms with Crippen molar-refractivity contribution in [3.05, 3.63) is 57.8 Å². The van der Waals surface area contributed by atoms with Gasteiger partial charge in [0.25, 0.3) is 0 Å². The predicted molar refractivity (Wildman–Crippen MR) is 84.8 cm³/mol. The molecule has 0 saturated carbocycles. The maximum Gasteiger partial charge on any atom is 0.147 e. The van der Waals surface area contributed by atoms with Gasteiger partial charge in [-0.05, 0) is 30.8 Å². The molecule has 108 valence electrons. The zero-order valence-electron chi connectivity index (χ0n) is 11.8. The molecule has 5 heteroatoms. The van der Waals surface area contributed by atoms with Gasteiger partial charge in [-0.3, -0.25) is 0 Å². The Hall–Kier alpha value is -1.90. The first-order chi connectivity index (χ1) is 10.2. The average molecular weight is 346 g/mol. The summed E-state index contributed by atoms with van der Waals surface area (Å²) < 4.78 is 6.88. The van der Waals surface area contributed by atoms with Crippen molar-refractivity contribution >= 4 is 15.9 Å². The van der Waals surface area contributed by atoms with Gasteiger partial charge in [0.05, 0.1) is 0 Å². The first-order valence-corrected chi connectivity index (χ1v) is 7.49. The summed E-state index contributed by atoms with van der Waals surface area (Å²) in [6.07, 6.45) is 1.61. The maximum absolute atomic E-state index is 9.04. The summed E-state index contributed by atoms with van der Waals surface area (Å²) in [6.45, 7) is 4.03. The van der Waals surface area contributed by atoms with E-state index in [-0.39, 0.29) is 0 Å². The Morgan fingerprint density at radius 3 is 2.95 bits per heavy atom. The summed E-state index contributed by atoms with van der Waals surface area (Å²) in [4.78, 5) is 4.03. The molecule has 0 amide bonds. The smallest absolute Gasteiger partial charge is 0.147 e. The molecular weight excluding hydrogens is 330 g/mol. The van der Waals surface area contributed by atoms with E-state index in [1.807, 2.05) is 24.3 Å². The quantitative estimate of drug-likeness (QED) is 0.871. The average Bonchev–Trinajstić information content (AvgIpc) is 2.52. The van der Waals surface area contributed by atoms with E-state index in [1.54, 1.807) is 12.3 Å². The highest BCUT2D eigenvalue weighted by molar-refractivity contribution is 9.10. The molecule has 0 aliphatic heterocycles. The van der Waals surface area contributed by atoms with Gasteiger partial charge < -0.3 is 10.1 Å². The van der Waals surface area contributed by atoms with Gasteiger partial charge in [0.1, 0.15) is 24.1 Å². The van der Waals surface area contributed by atoms with Crippen molar-refractivity contribution in [3.63, 3.8) is 0 Å². The number of nitriles is 1. The van der Waals surface area contributed by atoms with E-state index in [1.165, 1.54) is 0 Å². The molecule has 0 saturated heterocycles. The zero-order chi connectivity index (χ0) is 15.1. The molecule has 0 bridgehead atoms. The highest BCUT2D eigenvalue weighted by Crippen LogP contribution is 2.24. The number of ether oxygens (including phenoxy) is 1. The van der Waals surface area contributed by atoms with Crippen molar-refractivity contribution < 1.29 is 4.74 Å². The predicted octanol–water partition coefficient (Wildman–Crippen LogP) is 3.40. The SMILES string of the molecule is CCNCc1cc(Br)ccc1OCc1cccnc1C#N. The van der Waals surface area contributed by atoms with Gasteiger partial charge >= 0.3 is 0 Å². The normalized spacial score (nSPS) is 10.1. The lowest BCUT2D eigenvalue weighted by atomic mass is 10.2. The number of nitrogens with one attached hydrogen (secondary N) is 1. The van der Waals surface area contributed by atoms with Gasteiger partial charge in [-0.2, -0.15) is 5.26 Å². The Morgan fingerprint density at radius 1 is 1.33 bits per heavy atom. The van der Waals surface area contributed by atoms with Crippen LogP contribution in [0.5, 0.6) is 5.75 Å². The van der Waals surface area contributed by atoms with Crippen molar-refractivity contribution in [3.8, 4) is 11.8 Å². The summed E-state index contributed by atoms with van der Waals surface area (Å²) in [6, 6.07) is 11.6. The van der Waals surface area contributed by atoms with Crippen LogP contribution in [0, 0.1) is 11.3 Å². The number of aromatic nitrogens is 1. The van der Waals surface area contributed by atoms with Crippen molar-refractivity contribution in [2.45, 2.75) is 20.1 Å². The number of hydrogen-bond acceptors (Lipinski definition) is 4. The molecular formula is C16H16BrN3O. The van der Waals surface area contributed by atoms with Crippen molar-refractivity contribution in [1.29, 1.82) is 5.26 Å². The number of halogens is 1. The Morgan fingerprint density at radius 2 is 2.19 bits per heavy atom. The van der Waals surface area contributed by atoms with Gasteiger partial charge in [-0.1, -0.05) is 28.9 Å². The van der Waals surface area contributed by atoms with E-state index in [0.717, 1.165) is 34.4 Å². The number of benzene rings is 1. The van der Waals surface area contributed by atoms with Crippen molar-refractivity contribution in [2.24, 2.45) is 0 Å². The molecule has 0 aliphatic rings. The Labute approximate surface area is 132 Å². The lowest BCUT2D eigenvalue weighted by molar-refractivity contribution is 0.301. The van der Waals surface area contributed by atoms with E-state index in [2.05, 4.69) is 39.2 Å². The molecule has 2 rings (SSSR count). The Kier molecular flexibility index (Phi) is 5.73. The number of pyridine rings is 1. The Bertz CT molecular complexity index is 652. The standard InChI is InChI=1S/C16H16BrN3O/c1-2-19-10-13-8-14(17)5-6-16(13)21-11-12-4-3-7-20-15(12)9-18/h3-8,19H,2,10-11H2,1H3. The van der Waals surface area contributed by atoms with E-state index in [0.29, 0.717) is 12.3 Å². The molecule has 0 unspecified atom stereocenters. The van der Waals surface area contributed by atoms with Crippen LogP contribution in [-0.2, 0) is 13.2 Å². The molecule has 0 fully saturated rings. The summed E-state index contributed by atoms with van der Waals surface area (Å²) >= 11 is 3.47. The minimum Gasteiger partial charge on any atom is -0.488 e. The monoisotopic (exact) mass is 345 g/mol. The van der Waals surface area contributed by atoms with Crippen molar-refractivity contribution in [2.75, 3.05) is 6.54 Å². The summed E-state index contributed by atoms with van der Waals surface area (Å²) in [5.41, 5.74) is 2.27. The molecule has 4 nitrogen and oxygen atoms in total. The third-order valence-electron chi connectivity index (χ3n) is 2.97. The minimum absolute atomic E-state index is 0.331. The first kappa shape index (κ1) is 15.5. The minimum atomic E-state index is 0.331. The van der Waals surface area contributed by atoms with E-state index < -0.39 is 0 Å². The molecule has 21 heavy (non-hydrogen) atoms. The van der Waals surface area contributed by atoms with Crippen LogP contribution in [0.25, 0.3) is 0 Å². The molecule has 1 aromatic heterocycles. The zero-order valence-corrected chi connectivity index (χ0v) is 13.4. The van der Waals surface area contributed by atoms with Crippen LogP contribution in [0.2, 0.25) is 0 Å².